The molecule has 138 valence electrons. The molecule has 2 aliphatic rings. The lowest BCUT2D eigenvalue weighted by Gasteiger charge is -2.35. The Morgan fingerprint density at radius 2 is 1.82 bits per heavy atom. The van der Waals surface area contributed by atoms with Gasteiger partial charge in [0.2, 0.25) is 0 Å². The Morgan fingerprint density at radius 1 is 1.11 bits per heavy atom. The van der Waals surface area contributed by atoms with Crippen LogP contribution in [0.2, 0.25) is 10.0 Å². The monoisotopic (exact) mass is 407 g/mol. The van der Waals surface area contributed by atoms with E-state index in [0.29, 0.717) is 15.6 Å². The number of anilines is 1. The van der Waals surface area contributed by atoms with Crippen LogP contribution >= 0.6 is 23.2 Å². The third kappa shape index (κ3) is 2.53. The van der Waals surface area contributed by atoms with Crippen molar-refractivity contribution in [3.63, 3.8) is 0 Å². The van der Waals surface area contributed by atoms with Crippen LogP contribution in [0.5, 0.6) is 0 Å². The van der Waals surface area contributed by atoms with Crippen LogP contribution in [0.15, 0.2) is 48.5 Å². The Balaban J connectivity index is 2.00. The lowest BCUT2D eigenvalue weighted by Crippen LogP contribution is -2.43. The van der Waals surface area contributed by atoms with Gasteiger partial charge in [-0.05, 0) is 48.4 Å². The molecular weight excluding hydrogens is 393 g/mol. The number of hydrogen-bond acceptors (Lipinski definition) is 4. The molecule has 3 atom stereocenters. The number of fused-ring (bicyclic) bond motifs is 3. The summed E-state index contributed by atoms with van der Waals surface area (Å²) in [6.07, 6.45) is 3.69. The standard InChI is InChI=1S/C22H15Cl2N3O/c1-13(28)21-20(15-3-2-4-16(23)10-15)22(11-25,12-26)19-8-5-14-9-17(24)6-7-18(14)27(19)21/h2-10,19-21H,1H3/t19-,20+,21-/m1/s1. The summed E-state index contributed by atoms with van der Waals surface area (Å²) in [4.78, 5) is 14.7. The average molecular weight is 408 g/mol. The van der Waals surface area contributed by atoms with Crippen LogP contribution < -0.4 is 4.90 Å². The third-order valence-corrected chi connectivity index (χ3v) is 6.06. The van der Waals surface area contributed by atoms with Gasteiger partial charge in [-0.3, -0.25) is 4.79 Å². The van der Waals surface area contributed by atoms with Gasteiger partial charge in [0, 0.05) is 21.7 Å². The van der Waals surface area contributed by atoms with Crippen molar-refractivity contribution in [3.05, 3.63) is 69.7 Å². The molecule has 4 nitrogen and oxygen atoms in total. The van der Waals surface area contributed by atoms with Crippen LogP contribution in [-0.2, 0) is 4.79 Å². The predicted octanol–water partition coefficient (Wildman–Crippen LogP) is 4.98. The highest BCUT2D eigenvalue weighted by Crippen LogP contribution is 2.55. The lowest BCUT2D eigenvalue weighted by atomic mass is 9.69. The fraction of sp³-hybridized carbons (Fsp3) is 0.227. The average Bonchev–Trinajstić information content (AvgIpc) is 2.98. The summed E-state index contributed by atoms with van der Waals surface area (Å²) < 4.78 is 0. The summed E-state index contributed by atoms with van der Waals surface area (Å²) in [6.45, 7) is 1.50. The molecule has 6 heteroatoms. The smallest absolute Gasteiger partial charge is 0.176 e. The van der Waals surface area contributed by atoms with Crippen molar-refractivity contribution in [1.29, 1.82) is 10.5 Å². The summed E-state index contributed by atoms with van der Waals surface area (Å²) >= 11 is 12.3. The van der Waals surface area contributed by atoms with E-state index in [1.807, 2.05) is 35.3 Å². The molecule has 28 heavy (non-hydrogen) atoms. The molecule has 2 aromatic rings. The molecule has 0 aliphatic carbocycles. The van der Waals surface area contributed by atoms with Gasteiger partial charge in [0.1, 0.15) is 0 Å². The number of Topliss-reactive ketones (excluding diaryl/α,β-unsaturated/α-hetero) is 1. The fourth-order valence-electron chi connectivity index (χ4n) is 4.49. The first kappa shape index (κ1) is 18.6. The first-order chi connectivity index (χ1) is 13.4. The number of hydrogen-bond donors (Lipinski definition) is 0. The second-order valence-corrected chi connectivity index (χ2v) is 7.97. The van der Waals surface area contributed by atoms with Crippen molar-refractivity contribution in [3.8, 4) is 12.1 Å². The van der Waals surface area contributed by atoms with E-state index in [4.69, 9.17) is 23.2 Å². The molecule has 0 saturated carbocycles. The Morgan fingerprint density at radius 3 is 2.46 bits per heavy atom. The van der Waals surface area contributed by atoms with Gasteiger partial charge in [-0.25, -0.2) is 0 Å². The highest BCUT2D eigenvalue weighted by Gasteiger charge is 2.62. The van der Waals surface area contributed by atoms with Crippen molar-refractivity contribution in [2.45, 2.75) is 24.9 Å². The Labute approximate surface area is 173 Å². The van der Waals surface area contributed by atoms with Crippen LogP contribution in [0.1, 0.15) is 24.0 Å². The summed E-state index contributed by atoms with van der Waals surface area (Å²) in [5.41, 5.74) is 0.909. The molecule has 0 N–H and O–H groups in total. The van der Waals surface area contributed by atoms with Gasteiger partial charge in [-0.15, -0.1) is 0 Å². The van der Waals surface area contributed by atoms with Crippen molar-refractivity contribution in [2.24, 2.45) is 5.41 Å². The lowest BCUT2D eigenvalue weighted by molar-refractivity contribution is -0.118. The molecule has 0 spiro atoms. The summed E-state index contributed by atoms with van der Waals surface area (Å²) in [6, 6.07) is 15.7. The van der Waals surface area contributed by atoms with Gasteiger partial charge in [0.25, 0.3) is 0 Å². The minimum absolute atomic E-state index is 0.112. The quantitative estimate of drug-likeness (QED) is 0.703. The van der Waals surface area contributed by atoms with Gasteiger partial charge in [0.05, 0.1) is 24.2 Å². The largest absolute Gasteiger partial charge is 0.351 e. The minimum atomic E-state index is -1.44. The summed E-state index contributed by atoms with van der Waals surface area (Å²) in [5, 5.41) is 21.4. The number of nitriles is 2. The van der Waals surface area contributed by atoms with Crippen molar-refractivity contribution < 1.29 is 4.79 Å². The molecule has 0 radical (unpaired) electrons. The van der Waals surface area contributed by atoms with Gasteiger partial charge >= 0.3 is 0 Å². The molecule has 0 aromatic heterocycles. The Hall–Kier alpha value is -2.79. The predicted molar refractivity (Wildman–Crippen MR) is 109 cm³/mol. The molecule has 2 aliphatic heterocycles. The van der Waals surface area contributed by atoms with Gasteiger partial charge in [0.15, 0.2) is 11.2 Å². The Bertz CT molecular complexity index is 1080. The fourth-order valence-corrected chi connectivity index (χ4v) is 4.87. The number of rotatable bonds is 2. The van der Waals surface area contributed by atoms with Crippen LogP contribution in [0.25, 0.3) is 6.08 Å². The summed E-state index contributed by atoms with van der Waals surface area (Å²) in [5.74, 6) is -0.756. The van der Waals surface area contributed by atoms with E-state index in [1.54, 1.807) is 24.3 Å². The Kier molecular flexibility index (Phi) is 4.42. The van der Waals surface area contributed by atoms with E-state index in [0.717, 1.165) is 11.3 Å². The number of ketones is 1. The highest BCUT2D eigenvalue weighted by molar-refractivity contribution is 6.31. The van der Waals surface area contributed by atoms with E-state index in [9.17, 15) is 15.3 Å². The zero-order chi connectivity index (χ0) is 20.1. The number of nitrogens with zero attached hydrogens (tertiary/aromatic N) is 3. The highest BCUT2D eigenvalue weighted by atomic mass is 35.5. The van der Waals surface area contributed by atoms with Crippen LogP contribution in [0.3, 0.4) is 0 Å². The zero-order valence-corrected chi connectivity index (χ0v) is 16.4. The van der Waals surface area contributed by atoms with Crippen molar-refractivity contribution in [1.82, 2.24) is 0 Å². The first-order valence-electron chi connectivity index (χ1n) is 8.77. The number of carbonyl (C=O) groups is 1. The normalized spacial score (nSPS) is 24.0. The molecule has 4 rings (SSSR count). The molecule has 0 bridgehead atoms. The maximum absolute atomic E-state index is 12.8. The molecule has 1 saturated heterocycles. The van der Waals surface area contributed by atoms with E-state index in [2.05, 4.69) is 12.1 Å². The van der Waals surface area contributed by atoms with Crippen molar-refractivity contribution >= 4 is 40.7 Å². The molecule has 0 unspecified atom stereocenters. The number of halogens is 2. The van der Waals surface area contributed by atoms with Gasteiger partial charge in [-0.2, -0.15) is 10.5 Å². The van der Waals surface area contributed by atoms with Crippen LogP contribution in [0, 0.1) is 28.1 Å². The molecule has 2 heterocycles. The molecular formula is C22H15Cl2N3O. The van der Waals surface area contributed by atoms with E-state index >= 15 is 0 Å². The maximum atomic E-state index is 12.8. The first-order valence-corrected chi connectivity index (χ1v) is 9.53. The molecule has 2 aromatic carbocycles. The second kappa shape index (κ2) is 6.67. The molecule has 0 amide bonds. The minimum Gasteiger partial charge on any atom is -0.351 e. The van der Waals surface area contributed by atoms with E-state index in [-0.39, 0.29) is 5.78 Å². The van der Waals surface area contributed by atoms with Crippen LogP contribution in [0.4, 0.5) is 5.69 Å². The second-order valence-electron chi connectivity index (χ2n) is 7.10. The topological polar surface area (TPSA) is 67.9 Å². The number of benzene rings is 2. The van der Waals surface area contributed by atoms with Crippen LogP contribution in [-0.4, -0.2) is 17.9 Å². The van der Waals surface area contributed by atoms with Gasteiger partial charge < -0.3 is 4.90 Å². The van der Waals surface area contributed by atoms with Gasteiger partial charge in [-0.1, -0.05) is 47.5 Å². The van der Waals surface area contributed by atoms with E-state index < -0.39 is 23.4 Å². The summed E-state index contributed by atoms with van der Waals surface area (Å²) in [7, 11) is 0. The maximum Gasteiger partial charge on any atom is 0.176 e. The SMILES string of the molecule is CC(=O)[C@@H]1[C@H](c2cccc(Cl)c2)C(C#N)(C#N)[C@H]2C=Cc3cc(Cl)ccc3N12. The van der Waals surface area contributed by atoms with Crippen molar-refractivity contribution in [2.75, 3.05) is 4.90 Å². The zero-order valence-electron chi connectivity index (χ0n) is 14.9. The number of carbonyl (C=O) groups excluding carboxylic acids is 1. The third-order valence-electron chi connectivity index (χ3n) is 5.59. The molecule has 1 fully saturated rings. The van der Waals surface area contributed by atoms with E-state index in [1.165, 1.54) is 6.92 Å².